The van der Waals surface area contributed by atoms with Crippen molar-refractivity contribution in [2.45, 2.75) is 264 Å². The summed E-state index contributed by atoms with van der Waals surface area (Å²) in [6.45, 7) is 8.69. The third kappa shape index (κ3) is 40.3. The Kier molecular flexibility index (Phi) is 37.4. The van der Waals surface area contributed by atoms with Crippen LogP contribution in [0.3, 0.4) is 0 Å². The van der Waals surface area contributed by atoms with Crippen molar-refractivity contribution in [1.82, 2.24) is 5.32 Å². The number of hydrogen-bond acceptors (Lipinski definition) is 9. The molecule has 0 heterocycles. The Morgan fingerprint density at radius 2 is 0.797 bits per heavy atom. The summed E-state index contributed by atoms with van der Waals surface area (Å²) in [5.74, 6) is -3.26. The Hall–Kier alpha value is -2.85. The summed E-state index contributed by atoms with van der Waals surface area (Å²) in [5, 5.41) is 11.7. The van der Waals surface area contributed by atoms with Gasteiger partial charge < -0.3 is 29.4 Å². The number of carboxylic acid groups (broad SMARTS) is 1. The summed E-state index contributed by atoms with van der Waals surface area (Å²) < 4.78 is 21.4. The highest BCUT2D eigenvalue weighted by molar-refractivity contribution is 5.85. The molecule has 0 saturated heterocycles. The van der Waals surface area contributed by atoms with Gasteiger partial charge >= 0.3 is 30.0 Å². The van der Waals surface area contributed by atoms with Crippen LogP contribution >= 0.6 is 0 Å². The van der Waals surface area contributed by atoms with Crippen LogP contribution in [-0.4, -0.2) is 66.0 Å². The summed E-state index contributed by atoms with van der Waals surface area (Å²) >= 11 is 0. The van der Waals surface area contributed by atoms with Crippen LogP contribution in [-0.2, 0) is 38.1 Å². The molecule has 2 unspecified atom stereocenters. The van der Waals surface area contributed by atoms with Gasteiger partial charge in [-0.3, -0.25) is 14.4 Å². The first-order valence-corrected chi connectivity index (χ1v) is 24.1. The summed E-state index contributed by atoms with van der Waals surface area (Å²) in [6, 6.07) is -1.59. The molecule has 2 atom stereocenters. The van der Waals surface area contributed by atoms with Gasteiger partial charge in [0.05, 0.1) is 6.42 Å². The fourth-order valence-electron chi connectivity index (χ4n) is 6.96. The first-order valence-electron chi connectivity index (χ1n) is 24.1. The number of aliphatic carboxylic acids is 1. The maximum Gasteiger partial charge on any atom is 0.408 e. The number of nitrogens with one attached hydrogen (secondary N) is 1. The molecule has 0 radical (unpaired) electrons. The highest BCUT2D eigenvalue weighted by atomic mass is 16.6. The van der Waals surface area contributed by atoms with Gasteiger partial charge in [-0.05, 0) is 33.6 Å². The molecule has 0 bridgehead atoms. The Labute approximate surface area is 359 Å². The van der Waals surface area contributed by atoms with Crippen LogP contribution in [0.15, 0.2) is 0 Å². The molecule has 1 amide bonds. The number of carboxylic acids is 1. The van der Waals surface area contributed by atoms with Crippen molar-refractivity contribution in [3.8, 4) is 0 Å². The Morgan fingerprint density at radius 1 is 0.475 bits per heavy atom. The van der Waals surface area contributed by atoms with Crippen molar-refractivity contribution in [3.05, 3.63) is 0 Å². The van der Waals surface area contributed by atoms with Gasteiger partial charge in [0.1, 0.15) is 24.9 Å². The van der Waals surface area contributed by atoms with E-state index in [1.165, 1.54) is 141 Å². The Bertz CT molecular complexity index is 1060. The lowest BCUT2D eigenvalue weighted by molar-refractivity contribution is -0.167. The van der Waals surface area contributed by atoms with Gasteiger partial charge in [-0.25, -0.2) is 9.59 Å². The summed E-state index contributed by atoms with van der Waals surface area (Å²) in [7, 11) is 0. The second-order valence-electron chi connectivity index (χ2n) is 17.6. The quantitative estimate of drug-likeness (QED) is 0.0345. The van der Waals surface area contributed by atoms with E-state index in [9.17, 15) is 29.1 Å². The van der Waals surface area contributed by atoms with E-state index in [0.29, 0.717) is 12.8 Å². The van der Waals surface area contributed by atoms with Crippen LogP contribution in [0, 0.1) is 0 Å². The first-order chi connectivity index (χ1) is 28.4. The number of alkyl carbamates (subject to hydrolysis) is 1. The highest BCUT2D eigenvalue weighted by Gasteiger charge is 2.28. The van der Waals surface area contributed by atoms with Crippen LogP contribution < -0.4 is 5.32 Å². The average molecular weight is 840 g/mol. The van der Waals surface area contributed by atoms with Crippen molar-refractivity contribution < 1.29 is 48.0 Å². The molecule has 0 aliphatic heterocycles. The maximum absolute atomic E-state index is 12.8. The molecule has 346 valence electrons. The lowest BCUT2D eigenvalue weighted by Crippen LogP contribution is -2.45. The number of carbonyl (C=O) groups excluding carboxylic acids is 4. The molecule has 2 N–H and O–H groups in total. The Balaban J connectivity index is 4.59. The number of esters is 3. The minimum absolute atomic E-state index is 0.191. The van der Waals surface area contributed by atoms with Gasteiger partial charge in [0.25, 0.3) is 0 Å². The number of amides is 1. The zero-order valence-electron chi connectivity index (χ0n) is 38.5. The van der Waals surface area contributed by atoms with Crippen molar-refractivity contribution in [2.75, 3.05) is 13.2 Å². The number of rotatable bonds is 41. The molecule has 0 rings (SSSR count). The van der Waals surface area contributed by atoms with E-state index in [1.54, 1.807) is 20.8 Å². The van der Waals surface area contributed by atoms with E-state index in [0.717, 1.165) is 38.5 Å². The SMILES string of the molecule is CCCCCCCCCCCCCCCCCC(=O)OCC(COC(=O)CC(NC(=O)OC(C)(C)C)C(=O)O)OC(=O)CCCCCCCCCCCCCCCCC. The molecule has 0 aromatic rings. The standard InChI is InChI=1S/C48H89NO10/c1-6-8-10-12-14-16-18-20-22-24-26-28-30-32-34-36-43(50)56-39-41(40-57-45(52)38-42(46(53)54)49-47(55)59-48(3,4)5)58-44(51)37-35-33-31-29-27-25-23-21-19-17-15-13-11-9-7-2/h41-42H,6-40H2,1-5H3,(H,49,55)(H,53,54). The minimum Gasteiger partial charge on any atom is -0.480 e. The molecule has 0 aliphatic rings. The molecular formula is C48H89NO10. The first kappa shape index (κ1) is 56.1. The van der Waals surface area contributed by atoms with E-state index >= 15 is 0 Å². The van der Waals surface area contributed by atoms with Crippen molar-refractivity contribution >= 4 is 30.0 Å². The van der Waals surface area contributed by atoms with Crippen LogP contribution in [0.25, 0.3) is 0 Å². The van der Waals surface area contributed by atoms with Gasteiger partial charge in [-0.2, -0.15) is 0 Å². The molecule has 59 heavy (non-hydrogen) atoms. The molecule has 0 aliphatic carbocycles. The molecule has 0 fully saturated rings. The summed E-state index contributed by atoms with van der Waals surface area (Å²) in [5.41, 5.74) is -0.860. The van der Waals surface area contributed by atoms with E-state index in [4.69, 9.17) is 18.9 Å². The number of carbonyl (C=O) groups is 5. The van der Waals surface area contributed by atoms with Gasteiger partial charge in [-0.15, -0.1) is 0 Å². The smallest absolute Gasteiger partial charge is 0.408 e. The van der Waals surface area contributed by atoms with E-state index < -0.39 is 60.7 Å². The van der Waals surface area contributed by atoms with Crippen LogP contribution in [0.4, 0.5) is 4.79 Å². The second-order valence-corrected chi connectivity index (χ2v) is 17.6. The molecule has 0 aromatic heterocycles. The summed E-state index contributed by atoms with van der Waals surface area (Å²) in [4.78, 5) is 61.8. The zero-order chi connectivity index (χ0) is 43.8. The number of ether oxygens (including phenoxy) is 4. The largest absolute Gasteiger partial charge is 0.480 e. The molecule has 0 saturated carbocycles. The van der Waals surface area contributed by atoms with E-state index in [-0.39, 0.29) is 19.4 Å². The van der Waals surface area contributed by atoms with E-state index in [1.807, 2.05) is 0 Å². The third-order valence-electron chi connectivity index (χ3n) is 10.5. The predicted molar refractivity (Wildman–Crippen MR) is 236 cm³/mol. The zero-order valence-corrected chi connectivity index (χ0v) is 38.5. The number of hydrogen-bond donors (Lipinski definition) is 2. The lowest BCUT2D eigenvalue weighted by Gasteiger charge is -2.22. The molecule has 11 nitrogen and oxygen atoms in total. The van der Waals surface area contributed by atoms with Crippen LogP contribution in [0.2, 0.25) is 0 Å². The van der Waals surface area contributed by atoms with Crippen molar-refractivity contribution in [2.24, 2.45) is 0 Å². The fourth-order valence-corrected chi connectivity index (χ4v) is 6.96. The molecule has 0 aromatic carbocycles. The monoisotopic (exact) mass is 840 g/mol. The number of unbranched alkanes of at least 4 members (excludes halogenated alkanes) is 28. The third-order valence-corrected chi connectivity index (χ3v) is 10.5. The second kappa shape index (κ2) is 39.3. The van der Waals surface area contributed by atoms with Gasteiger partial charge in [0.15, 0.2) is 6.10 Å². The van der Waals surface area contributed by atoms with Crippen LogP contribution in [0.5, 0.6) is 0 Å². The Morgan fingerprint density at radius 3 is 1.14 bits per heavy atom. The van der Waals surface area contributed by atoms with Gasteiger partial charge in [0.2, 0.25) is 0 Å². The molecule has 11 heteroatoms. The van der Waals surface area contributed by atoms with Crippen LogP contribution in [0.1, 0.15) is 247 Å². The maximum atomic E-state index is 12.8. The van der Waals surface area contributed by atoms with Gasteiger partial charge in [-0.1, -0.05) is 194 Å². The molecular weight excluding hydrogens is 751 g/mol. The molecule has 0 spiro atoms. The van der Waals surface area contributed by atoms with E-state index in [2.05, 4.69) is 19.2 Å². The minimum atomic E-state index is -1.59. The van der Waals surface area contributed by atoms with Crippen molar-refractivity contribution in [1.29, 1.82) is 0 Å². The average Bonchev–Trinajstić information content (AvgIpc) is 3.17. The summed E-state index contributed by atoms with van der Waals surface area (Å²) in [6.07, 6.45) is 34.4. The van der Waals surface area contributed by atoms with Crippen molar-refractivity contribution in [3.63, 3.8) is 0 Å². The topological polar surface area (TPSA) is 155 Å². The predicted octanol–water partition coefficient (Wildman–Crippen LogP) is 12.9. The van der Waals surface area contributed by atoms with Gasteiger partial charge in [0, 0.05) is 12.8 Å². The fraction of sp³-hybridized carbons (Fsp3) is 0.896. The lowest BCUT2D eigenvalue weighted by atomic mass is 10.0. The highest BCUT2D eigenvalue weighted by Crippen LogP contribution is 2.16. The normalized spacial score (nSPS) is 12.4.